The first-order valence-corrected chi connectivity index (χ1v) is 20.9. The number of fused-ring (bicyclic) bond motifs is 10. The number of hydrogen-bond acceptors (Lipinski definition) is 4. The third-order valence-electron chi connectivity index (χ3n) is 12.4. The number of hydrogen-bond donors (Lipinski definition) is 0. The van der Waals surface area contributed by atoms with Crippen LogP contribution in [0.25, 0.3) is 127 Å². The fourth-order valence-electron chi connectivity index (χ4n) is 9.59. The smallest absolute Gasteiger partial charge is 0.166 e. The highest BCUT2D eigenvalue weighted by Crippen LogP contribution is 2.48. The molecule has 3 aromatic heterocycles. The normalized spacial score (nSPS) is 11.9. The van der Waals surface area contributed by atoms with Crippen LogP contribution in [0.3, 0.4) is 0 Å². The van der Waals surface area contributed by atoms with E-state index in [4.69, 9.17) is 19.4 Å². The van der Waals surface area contributed by atoms with Gasteiger partial charge in [-0.25, -0.2) is 15.0 Å². The Morgan fingerprint density at radius 3 is 1.81 bits per heavy atom. The zero-order valence-corrected chi connectivity index (χ0v) is 33.3. The van der Waals surface area contributed by atoms with Crippen molar-refractivity contribution in [1.29, 1.82) is 0 Å². The van der Waals surface area contributed by atoms with E-state index in [-0.39, 0.29) is 0 Å². The topological polar surface area (TPSA) is 56.7 Å². The zero-order valence-electron chi connectivity index (χ0n) is 33.3. The molecule has 10 aromatic carbocycles. The summed E-state index contributed by atoms with van der Waals surface area (Å²) in [5, 5.41) is 10.9. The first-order chi connectivity index (χ1) is 30.7. The van der Waals surface area contributed by atoms with Gasteiger partial charge in [0.05, 0.1) is 27.7 Å². The van der Waals surface area contributed by atoms with Crippen LogP contribution >= 0.6 is 0 Å². The van der Waals surface area contributed by atoms with Crippen molar-refractivity contribution in [3.8, 4) is 51.0 Å². The van der Waals surface area contributed by atoms with Crippen molar-refractivity contribution in [3.63, 3.8) is 0 Å². The first-order valence-electron chi connectivity index (χ1n) is 20.9. The molecule has 5 nitrogen and oxygen atoms in total. The van der Waals surface area contributed by atoms with Gasteiger partial charge < -0.3 is 8.98 Å². The first kappa shape index (κ1) is 34.5. The molecule has 0 bridgehead atoms. The highest BCUT2D eigenvalue weighted by molar-refractivity contribution is 6.26. The number of benzene rings is 10. The van der Waals surface area contributed by atoms with Crippen molar-refractivity contribution >= 4 is 76.1 Å². The van der Waals surface area contributed by atoms with E-state index in [0.717, 1.165) is 88.0 Å². The number of rotatable bonds is 5. The maximum Gasteiger partial charge on any atom is 0.166 e. The van der Waals surface area contributed by atoms with Crippen molar-refractivity contribution in [2.45, 2.75) is 0 Å². The standard InChI is InChI=1S/C57H34N4O/c1-2-16-35(17-3-1)37-22-14-23-40(32-37)55-58-56(45-29-15-21-36-18-6-7-24-41(36)45)60-57(59-55)52-43-26-8-9-27-44(43)54-51(46-28-11-13-31-50(46)62-54)53(52)61-48-30-12-10-25-42(48)47-33-38-19-4-5-20-39(38)34-49(47)61/h1-34H. The van der Waals surface area contributed by atoms with Gasteiger partial charge in [0, 0.05) is 32.7 Å². The molecular weight excluding hydrogens is 757 g/mol. The number of furan rings is 1. The molecule has 0 atom stereocenters. The fraction of sp³-hybridized carbons (Fsp3) is 0. The lowest BCUT2D eigenvalue weighted by Gasteiger charge is -2.19. The van der Waals surface area contributed by atoms with Gasteiger partial charge in [-0.2, -0.15) is 0 Å². The van der Waals surface area contributed by atoms with Gasteiger partial charge in [-0.15, -0.1) is 0 Å². The molecule has 0 unspecified atom stereocenters. The molecular formula is C57H34N4O. The number of nitrogens with zero attached hydrogens (tertiary/aromatic N) is 4. The second-order valence-corrected chi connectivity index (χ2v) is 15.9. The molecule has 0 aliphatic rings. The van der Waals surface area contributed by atoms with Crippen LogP contribution in [-0.2, 0) is 0 Å². The Morgan fingerprint density at radius 2 is 0.952 bits per heavy atom. The average Bonchev–Trinajstić information content (AvgIpc) is 3.89. The van der Waals surface area contributed by atoms with E-state index in [1.807, 2.05) is 12.1 Å². The van der Waals surface area contributed by atoms with E-state index in [9.17, 15) is 0 Å². The summed E-state index contributed by atoms with van der Waals surface area (Å²) in [5.41, 5.74) is 9.75. The van der Waals surface area contributed by atoms with E-state index in [1.165, 1.54) is 21.5 Å². The second kappa shape index (κ2) is 13.6. The van der Waals surface area contributed by atoms with Gasteiger partial charge in [0.1, 0.15) is 11.2 Å². The van der Waals surface area contributed by atoms with Crippen LogP contribution in [0.1, 0.15) is 0 Å². The maximum absolute atomic E-state index is 6.91. The van der Waals surface area contributed by atoms with Gasteiger partial charge in [0.2, 0.25) is 0 Å². The minimum Gasteiger partial charge on any atom is -0.455 e. The maximum atomic E-state index is 6.91. The van der Waals surface area contributed by atoms with E-state index >= 15 is 0 Å². The van der Waals surface area contributed by atoms with Crippen molar-refractivity contribution < 1.29 is 4.42 Å². The van der Waals surface area contributed by atoms with Crippen LogP contribution in [0.15, 0.2) is 211 Å². The molecule has 0 amide bonds. The summed E-state index contributed by atoms with van der Waals surface area (Å²) in [7, 11) is 0. The third-order valence-corrected chi connectivity index (χ3v) is 12.4. The molecule has 0 fully saturated rings. The molecule has 13 aromatic rings. The van der Waals surface area contributed by atoms with Gasteiger partial charge in [-0.05, 0) is 68.4 Å². The monoisotopic (exact) mass is 790 g/mol. The molecule has 0 N–H and O–H groups in total. The molecule has 3 heterocycles. The Hall–Kier alpha value is -8.41. The molecule has 62 heavy (non-hydrogen) atoms. The van der Waals surface area contributed by atoms with E-state index in [1.54, 1.807) is 0 Å². The summed E-state index contributed by atoms with van der Waals surface area (Å²) in [6.07, 6.45) is 0. The van der Waals surface area contributed by atoms with Crippen molar-refractivity contribution in [2.24, 2.45) is 0 Å². The van der Waals surface area contributed by atoms with Crippen LogP contribution in [0.2, 0.25) is 0 Å². The lowest BCUT2D eigenvalue weighted by molar-refractivity contribution is 0.672. The Bertz CT molecular complexity index is 3930. The summed E-state index contributed by atoms with van der Waals surface area (Å²) < 4.78 is 9.34. The Balaban J connectivity index is 1.22. The van der Waals surface area contributed by atoms with E-state index in [2.05, 4.69) is 199 Å². The van der Waals surface area contributed by atoms with Crippen LogP contribution in [0.5, 0.6) is 0 Å². The lowest BCUT2D eigenvalue weighted by Crippen LogP contribution is -2.05. The fourth-order valence-corrected chi connectivity index (χ4v) is 9.59. The SMILES string of the molecule is c1ccc(-c2cccc(-c3nc(-c4cccc5ccccc45)nc(-c4c(-n5c6ccccc6c6cc7ccccc7cc65)c5c6ccccc6oc5c5ccccc45)n3)c2)cc1. The minimum atomic E-state index is 0.577. The summed E-state index contributed by atoms with van der Waals surface area (Å²) >= 11 is 0. The van der Waals surface area contributed by atoms with E-state index < -0.39 is 0 Å². The number of aromatic nitrogens is 4. The molecule has 288 valence electrons. The molecule has 0 aliphatic heterocycles. The second-order valence-electron chi connectivity index (χ2n) is 15.9. The van der Waals surface area contributed by atoms with Crippen LogP contribution < -0.4 is 0 Å². The summed E-state index contributed by atoms with van der Waals surface area (Å²) in [5.74, 6) is 1.77. The summed E-state index contributed by atoms with van der Waals surface area (Å²) in [4.78, 5) is 16.5. The highest BCUT2D eigenvalue weighted by atomic mass is 16.3. The van der Waals surface area contributed by atoms with Crippen LogP contribution in [0, 0.1) is 0 Å². The van der Waals surface area contributed by atoms with Crippen LogP contribution in [-0.4, -0.2) is 19.5 Å². The summed E-state index contributed by atoms with van der Waals surface area (Å²) in [6, 6.07) is 72.6. The van der Waals surface area contributed by atoms with Gasteiger partial charge in [-0.3, -0.25) is 0 Å². The van der Waals surface area contributed by atoms with Gasteiger partial charge in [0.15, 0.2) is 17.5 Å². The molecule has 0 aliphatic carbocycles. The highest BCUT2D eigenvalue weighted by Gasteiger charge is 2.28. The predicted octanol–water partition coefficient (Wildman–Crippen LogP) is 15.0. The van der Waals surface area contributed by atoms with Crippen molar-refractivity contribution in [1.82, 2.24) is 19.5 Å². The zero-order chi connectivity index (χ0) is 40.7. The Morgan fingerprint density at radius 1 is 0.355 bits per heavy atom. The quantitative estimate of drug-likeness (QED) is 0.174. The molecule has 0 saturated carbocycles. The van der Waals surface area contributed by atoms with Crippen LogP contribution in [0.4, 0.5) is 0 Å². The van der Waals surface area contributed by atoms with Crippen molar-refractivity contribution in [2.75, 3.05) is 0 Å². The predicted molar refractivity (Wildman–Crippen MR) is 256 cm³/mol. The molecule has 5 heteroatoms. The van der Waals surface area contributed by atoms with E-state index in [0.29, 0.717) is 17.5 Å². The van der Waals surface area contributed by atoms with Gasteiger partial charge in [-0.1, -0.05) is 176 Å². The van der Waals surface area contributed by atoms with Crippen molar-refractivity contribution in [3.05, 3.63) is 206 Å². The third kappa shape index (κ3) is 5.25. The average molecular weight is 791 g/mol. The molecule has 13 rings (SSSR count). The largest absolute Gasteiger partial charge is 0.455 e. The Kier molecular flexibility index (Phi) is 7.54. The Labute approximate surface area is 355 Å². The van der Waals surface area contributed by atoms with Gasteiger partial charge in [0.25, 0.3) is 0 Å². The summed E-state index contributed by atoms with van der Waals surface area (Å²) in [6.45, 7) is 0. The number of para-hydroxylation sites is 2. The lowest BCUT2D eigenvalue weighted by atomic mass is 9.96. The molecule has 0 radical (unpaired) electrons. The molecule has 0 spiro atoms. The minimum absolute atomic E-state index is 0.577. The molecule has 0 saturated heterocycles. The van der Waals surface area contributed by atoms with Gasteiger partial charge >= 0.3 is 0 Å².